The molecule has 0 radical (unpaired) electrons. The minimum absolute atomic E-state index is 0. The lowest BCUT2D eigenvalue weighted by atomic mass is 9.88. The molecule has 3 N–H and O–H groups in total. The van der Waals surface area contributed by atoms with E-state index >= 15 is 0 Å². The maximum absolute atomic E-state index is 12.0. The van der Waals surface area contributed by atoms with Gasteiger partial charge in [0.2, 0.25) is 5.91 Å². The van der Waals surface area contributed by atoms with Gasteiger partial charge in [0.25, 0.3) is 0 Å². The van der Waals surface area contributed by atoms with Crippen LogP contribution in [0.5, 0.6) is 0 Å². The van der Waals surface area contributed by atoms with Gasteiger partial charge in [-0.1, -0.05) is 32.6 Å². The van der Waals surface area contributed by atoms with Crippen molar-refractivity contribution in [3.63, 3.8) is 0 Å². The molecule has 2 fully saturated rings. The van der Waals surface area contributed by atoms with Crippen LogP contribution in [-0.2, 0) is 4.79 Å². The third-order valence-corrected chi connectivity index (χ3v) is 4.43. The van der Waals surface area contributed by atoms with Crippen LogP contribution in [0.1, 0.15) is 58.3 Å². The van der Waals surface area contributed by atoms with Crippen LogP contribution in [0, 0.1) is 5.41 Å². The lowest BCUT2D eigenvalue weighted by molar-refractivity contribution is -0.126. The van der Waals surface area contributed by atoms with Gasteiger partial charge in [0.05, 0.1) is 5.54 Å². The first-order valence-corrected chi connectivity index (χ1v) is 6.61. The van der Waals surface area contributed by atoms with Crippen molar-refractivity contribution in [3.8, 4) is 0 Å². The van der Waals surface area contributed by atoms with E-state index in [0.717, 1.165) is 32.2 Å². The Labute approximate surface area is 110 Å². The van der Waals surface area contributed by atoms with E-state index in [2.05, 4.69) is 12.2 Å². The molecule has 0 aliphatic heterocycles. The number of hydrogen-bond donors (Lipinski definition) is 2. The molecule has 100 valence electrons. The van der Waals surface area contributed by atoms with E-state index in [0.29, 0.717) is 5.41 Å². The largest absolute Gasteiger partial charge is 0.354 e. The molecule has 0 saturated heterocycles. The molecule has 3 nitrogen and oxygen atoms in total. The quantitative estimate of drug-likeness (QED) is 0.819. The fourth-order valence-corrected chi connectivity index (χ4v) is 3.11. The molecule has 0 heterocycles. The standard InChI is InChI=1S/C13H24N2O.ClH/c1-12(6-2-3-7-12)10-15-11(16)13(14)8-4-5-9-13;/h2-10,14H2,1H3,(H,15,16);1H. The van der Waals surface area contributed by atoms with Gasteiger partial charge in [-0.2, -0.15) is 0 Å². The van der Waals surface area contributed by atoms with Crippen LogP contribution in [0.2, 0.25) is 0 Å². The molecule has 0 aromatic heterocycles. The number of carbonyl (C=O) groups excluding carboxylic acids is 1. The molecule has 4 heteroatoms. The Hall–Kier alpha value is -0.280. The van der Waals surface area contributed by atoms with E-state index in [1.807, 2.05) is 0 Å². The molecule has 0 unspecified atom stereocenters. The van der Waals surface area contributed by atoms with Gasteiger partial charge in [-0.15, -0.1) is 12.4 Å². The predicted octanol–water partition coefficient (Wildman–Crippen LogP) is 2.38. The molecule has 0 spiro atoms. The number of nitrogens with two attached hydrogens (primary N) is 1. The van der Waals surface area contributed by atoms with E-state index in [1.54, 1.807) is 0 Å². The zero-order valence-corrected chi connectivity index (χ0v) is 11.6. The third-order valence-electron chi connectivity index (χ3n) is 4.43. The van der Waals surface area contributed by atoms with Crippen LogP contribution >= 0.6 is 12.4 Å². The monoisotopic (exact) mass is 260 g/mol. The van der Waals surface area contributed by atoms with E-state index in [4.69, 9.17) is 5.73 Å². The summed E-state index contributed by atoms with van der Waals surface area (Å²) in [5, 5.41) is 3.08. The Balaban J connectivity index is 0.00000144. The van der Waals surface area contributed by atoms with Crippen LogP contribution in [0.3, 0.4) is 0 Å². The van der Waals surface area contributed by atoms with Crippen molar-refractivity contribution in [1.29, 1.82) is 0 Å². The Bertz CT molecular complexity index is 269. The predicted molar refractivity (Wildman–Crippen MR) is 72.2 cm³/mol. The van der Waals surface area contributed by atoms with Gasteiger partial charge < -0.3 is 11.1 Å². The summed E-state index contributed by atoms with van der Waals surface area (Å²) in [7, 11) is 0. The number of nitrogens with one attached hydrogen (secondary N) is 1. The maximum atomic E-state index is 12.0. The van der Waals surface area contributed by atoms with Gasteiger partial charge in [0, 0.05) is 6.54 Å². The first-order chi connectivity index (χ1) is 7.54. The van der Waals surface area contributed by atoms with Gasteiger partial charge in [-0.3, -0.25) is 4.79 Å². The summed E-state index contributed by atoms with van der Waals surface area (Å²) in [4.78, 5) is 12.0. The highest BCUT2D eigenvalue weighted by molar-refractivity contribution is 5.86. The van der Waals surface area contributed by atoms with E-state index in [1.165, 1.54) is 25.7 Å². The first-order valence-electron chi connectivity index (χ1n) is 6.61. The second-order valence-corrected chi connectivity index (χ2v) is 6.06. The first kappa shape index (κ1) is 14.8. The highest BCUT2D eigenvalue weighted by Gasteiger charge is 2.38. The summed E-state index contributed by atoms with van der Waals surface area (Å²) in [6.45, 7) is 3.09. The van der Waals surface area contributed by atoms with Gasteiger partial charge in [0.15, 0.2) is 0 Å². The lowest BCUT2D eigenvalue weighted by Crippen LogP contribution is -2.53. The molecule has 0 bridgehead atoms. The Morgan fingerprint density at radius 2 is 1.59 bits per heavy atom. The zero-order valence-electron chi connectivity index (χ0n) is 10.8. The maximum Gasteiger partial charge on any atom is 0.240 e. The van der Waals surface area contributed by atoms with Gasteiger partial charge in [0.1, 0.15) is 0 Å². The Kier molecular flexibility index (Phi) is 4.85. The van der Waals surface area contributed by atoms with Gasteiger partial charge in [-0.25, -0.2) is 0 Å². The highest BCUT2D eigenvalue weighted by atomic mass is 35.5. The summed E-state index contributed by atoms with van der Waals surface area (Å²) >= 11 is 0. The average molecular weight is 261 g/mol. The van der Waals surface area contributed by atoms with Gasteiger partial charge in [-0.05, 0) is 31.1 Å². The molecule has 2 rings (SSSR count). The summed E-state index contributed by atoms with van der Waals surface area (Å²) < 4.78 is 0. The fourth-order valence-electron chi connectivity index (χ4n) is 3.11. The van der Waals surface area contributed by atoms with Crippen molar-refractivity contribution in [2.24, 2.45) is 11.1 Å². The molecule has 2 aliphatic rings. The van der Waals surface area contributed by atoms with Crippen molar-refractivity contribution in [3.05, 3.63) is 0 Å². The van der Waals surface area contributed by atoms with E-state index in [-0.39, 0.29) is 18.3 Å². The van der Waals surface area contributed by atoms with Crippen LogP contribution < -0.4 is 11.1 Å². The van der Waals surface area contributed by atoms with E-state index < -0.39 is 5.54 Å². The fraction of sp³-hybridized carbons (Fsp3) is 0.923. The van der Waals surface area contributed by atoms with Crippen molar-refractivity contribution in [1.82, 2.24) is 5.32 Å². The number of rotatable bonds is 3. The second-order valence-electron chi connectivity index (χ2n) is 6.06. The number of hydrogen-bond acceptors (Lipinski definition) is 2. The Morgan fingerprint density at radius 1 is 1.12 bits per heavy atom. The van der Waals surface area contributed by atoms with Crippen LogP contribution in [0.25, 0.3) is 0 Å². The molecule has 1 amide bonds. The zero-order chi connectivity index (χ0) is 11.6. The minimum atomic E-state index is -0.561. The molecular weight excluding hydrogens is 236 g/mol. The molecule has 0 atom stereocenters. The topological polar surface area (TPSA) is 55.1 Å². The molecule has 0 aromatic rings. The molecule has 2 aliphatic carbocycles. The number of carbonyl (C=O) groups is 1. The molecular formula is C13H25ClN2O. The van der Waals surface area contributed by atoms with Crippen molar-refractivity contribution < 1.29 is 4.79 Å². The number of halogens is 1. The smallest absolute Gasteiger partial charge is 0.240 e. The molecule has 2 saturated carbocycles. The van der Waals surface area contributed by atoms with Crippen LogP contribution in [-0.4, -0.2) is 18.0 Å². The third kappa shape index (κ3) is 3.35. The lowest BCUT2D eigenvalue weighted by Gasteiger charge is -2.28. The van der Waals surface area contributed by atoms with Gasteiger partial charge >= 0.3 is 0 Å². The number of amides is 1. The summed E-state index contributed by atoms with van der Waals surface area (Å²) in [6, 6.07) is 0. The Morgan fingerprint density at radius 3 is 2.12 bits per heavy atom. The summed E-state index contributed by atoms with van der Waals surface area (Å²) in [6.07, 6.45) is 9.00. The van der Waals surface area contributed by atoms with Crippen LogP contribution in [0.15, 0.2) is 0 Å². The van der Waals surface area contributed by atoms with Crippen LogP contribution in [0.4, 0.5) is 0 Å². The van der Waals surface area contributed by atoms with Crippen molar-refractivity contribution >= 4 is 18.3 Å². The molecule has 0 aromatic carbocycles. The highest BCUT2D eigenvalue weighted by Crippen LogP contribution is 2.37. The summed E-state index contributed by atoms with van der Waals surface area (Å²) in [5.41, 5.74) is 5.88. The minimum Gasteiger partial charge on any atom is -0.354 e. The van der Waals surface area contributed by atoms with Crippen molar-refractivity contribution in [2.75, 3.05) is 6.54 Å². The molecule has 17 heavy (non-hydrogen) atoms. The SMILES string of the molecule is CC1(CNC(=O)C2(N)CCCC2)CCCC1.Cl. The van der Waals surface area contributed by atoms with E-state index in [9.17, 15) is 4.79 Å². The van der Waals surface area contributed by atoms with Crippen molar-refractivity contribution in [2.45, 2.75) is 63.8 Å². The summed E-state index contributed by atoms with van der Waals surface area (Å²) in [5.74, 6) is 0.0816. The normalized spacial score (nSPS) is 25.3. The second kappa shape index (κ2) is 5.57. The average Bonchev–Trinajstić information content (AvgIpc) is 2.86.